The van der Waals surface area contributed by atoms with Gasteiger partial charge in [-0.3, -0.25) is 9.79 Å². The Labute approximate surface area is 228 Å². The number of ether oxygens (including phenoxy) is 2. The Hall–Kier alpha value is -4.46. The second kappa shape index (κ2) is 11.9. The Morgan fingerprint density at radius 1 is 1.00 bits per heavy atom. The molecular formula is C31H33N5O3. The molecule has 1 aliphatic heterocycles. The summed E-state index contributed by atoms with van der Waals surface area (Å²) >= 11 is 0. The van der Waals surface area contributed by atoms with E-state index in [-0.39, 0.29) is 5.91 Å². The molecule has 4 aromatic rings. The summed E-state index contributed by atoms with van der Waals surface area (Å²) in [6, 6.07) is 17.8. The van der Waals surface area contributed by atoms with Gasteiger partial charge in [-0.25, -0.2) is 9.97 Å². The highest BCUT2D eigenvalue weighted by Gasteiger charge is 2.19. The molecule has 0 bridgehead atoms. The molecule has 8 nitrogen and oxygen atoms in total. The average molecular weight is 524 g/mol. The van der Waals surface area contributed by atoms with Gasteiger partial charge in [0.15, 0.2) is 0 Å². The summed E-state index contributed by atoms with van der Waals surface area (Å²) in [6.45, 7) is 6.87. The van der Waals surface area contributed by atoms with Gasteiger partial charge in [0, 0.05) is 35.7 Å². The number of fused-ring (bicyclic) bond motifs is 2. The Morgan fingerprint density at radius 2 is 1.87 bits per heavy atom. The molecule has 0 radical (unpaired) electrons. The van der Waals surface area contributed by atoms with Gasteiger partial charge >= 0.3 is 0 Å². The van der Waals surface area contributed by atoms with E-state index >= 15 is 0 Å². The fourth-order valence-electron chi connectivity index (χ4n) is 4.62. The number of amides is 1. The molecule has 1 amide bonds. The van der Waals surface area contributed by atoms with Crippen molar-refractivity contribution in [3.05, 3.63) is 72.1 Å². The number of nitrogens with one attached hydrogen (secondary N) is 2. The largest absolute Gasteiger partial charge is 0.492 e. The number of rotatable bonds is 11. The molecule has 3 aromatic carbocycles. The molecule has 1 unspecified atom stereocenters. The predicted molar refractivity (Wildman–Crippen MR) is 155 cm³/mol. The zero-order chi connectivity index (χ0) is 27.2. The molecule has 1 aromatic heterocycles. The van der Waals surface area contributed by atoms with Gasteiger partial charge in [-0.05, 0) is 66.9 Å². The van der Waals surface area contributed by atoms with Crippen LogP contribution in [0.4, 0.5) is 17.2 Å². The maximum Gasteiger partial charge on any atom is 0.219 e. The highest BCUT2D eigenvalue weighted by Crippen LogP contribution is 2.39. The van der Waals surface area contributed by atoms with Gasteiger partial charge in [0.25, 0.3) is 0 Å². The van der Waals surface area contributed by atoms with Crippen molar-refractivity contribution in [2.24, 2.45) is 4.99 Å². The van der Waals surface area contributed by atoms with Crippen LogP contribution < -0.4 is 20.1 Å². The summed E-state index contributed by atoms with van der Waals surface area (Å²) in [7, 11) is 0. The topological polar surface area (TPSA) is 97.7 Å². The van der Waals surface area contributed by atoms with Crippen LogP contribution in [0.5, 0.6) is 17.2 Å². The lowest BCUT2D eigenvalue weighted by atomic mass is 9.96. The van der Waals surface area contributed by atoms with Crippen molar-refractivity contribution in [2.75, 3.05) is 18.5 Å². The molecular weight excluding hydrogens is 490 g/mol. The lowest BCUT2D eigenvalue weighted by Crippen LogP contribution is -2.27. The third-order valence-electron chi connectivity index (χ3n) is 6.68. The first-order valence-corrected chi connectivity index (χ1v) is 13.4. The molecule has 0 saturated carbocycles. The molecule has 2 N–H and O–H groups in total. The Kier molecular flexibility index (Phi) is 8.01. The minimum absolute atomic E-state index is 0.00528. The third-order valence-corrected chi connectivity index (χ3v) is 6.68. The molecule has 39 heavy (non-hydrogen) atoms. The smallest absolute Gasteiger partial charge is 0.219 e. The van der Waals surface area contributed by atoms with Crippen LogP contribution in [0, 0.1) is 6.92 Å². The van der Waals surface area contributed by atoms with Gasteiger partial charge in [-0.15, -0.1) is 0 Å². The number of aryl methyl sites for hydroxylation is 1. The summed E-state index contributed by atoms with van der Waals surface area (Å²) in [5, 5.41) is 7.06. The van der Waals surface area contributed by atoms with E-state index in [1.165, 1.54) is 11.9 Å². The van der Waals surface area contributed by atoms with E-state index in [0.717, 1.165) is 52.2 Å². The summed E-state index contributed by atoms with van der Waals surface area (Å²) in [6.07, 6.45) is 6.28. The van der Waals surface area contributed by atoms with E-state index in [9.17, 15) is 4.79 Å². The number of anilines is 2. The number of aliphatic imine (C=N–C) groups is 1. The Morgan fingerprint density at radius 3 is 2.69 bits per heavy atom. The third kappa shape index (κ3) is 6.17. The van der Waals surface area contributed by atoms with Crippen molar-refractivity contribution in [3.8, 4) is 17.2 Å². The van der Waals surface area contributed by atoms with E-state index in [1.54, 1.807) is 0 Å². The lowest BCUT2D eigenvalue weighted by molar-refractivity contribution is -0.120. The van der Waals surface area contributed by atoms with E-state index in [1.807, 2.05) is 68.6 Å². The fraction of sp³-hybridized carbons (Fsp3) is 0.290. The van der Waals surface area contributed by atoms with Crippen LogP contribution in [0.15, 0.2) is 65.9 Å². The van der Waals surface area contributed by atoms with Crippen molar-refractivity contribution in [2.45, 2.75) is 46.0 Å². The predicted octanol–water partition coefficient (Wildman–Crippen LogP) is 6.98. The molecule has 200 valence electrons. The van der Waals surface area contributed by atoms with Gasteiger partial charge in [-0.2, -0.15) is 0 Å². The maximum absolute atomic E-state index is 11.4. The number of carbonyl (C=O) groups excluding carboxylic acids is 1. The Bertz CT molecular complexity index is 1520. The number of aromatic nitrogens is 2. The Balaban J connectivity index is 1.28. The van der Waals surface area contributed by atoms with E-state index in [2.05, 4.69) is 38.6 Å². The summed E-state index contributed by atoms with van der Waals surface area (Å²) in [5.41, 5.74) is 4.94. The van der Waals surface area contributed by atoms with Gasteiger partial charge < -0.3 is 20.1 Å². The number of benzene rings is 3. The molecule has 2 heterocycles. The normalized spacial score (nSPS) is 13.8. The molecule has 1 atom stereocenters. The highest BCUT2D eigenvalue weighted by molar-refractivity contribution is 5.91. The first kappa shape index (κ1) is 26.2. The number of nitrogens with zero attached hydrogens (tertiary/aromatic N) is 3. The van der Waals surface area contributed by atoms with Crippen LogP contribution >= 0.6 is 0 Å². The standard InChI is InChI=1S/C31H33N5O3/c1-4-6-21-18-33-28-17-24(8-10-25(21)28)39-29-12-7-22(15-20(29)3)36-31-26-16-23(9-11-27(26)34-19-35-31)38-14-13-32-30(37)5-2/h7-12,15-19,21H,4-6,13-14H2,1-3H3,(H,32,37)(H,34,35,36). The van der Waals surface area contributed by atoms with Crippen LogP contribution in [0.25, 0.3) is 10.9 Å². The zero-order valence-electron chi connectivity index (χ0n) is 22.5. The van der Waals surface area contributed by atoms with Crippen LogP contribution in [0.2, 0.25) is 0 Å². The maximum atomic E-state index is 11.4. The fourth-order valence-corrected chi connectivity index (χ4v) is 4.62. The van der Waals surface area contributed by atoms with Gasteiger partial charge in [0.05, 0.1) is 17.7 Å². The van der Waals surface area contributed by atoms with Gasteiger partial charge in [0.2, 0.25) is 5.91 Å². The molecule has 0 fully saturated rings. The molecule has 8 heteroatoms. The molecule has 0 spiro atoms. The number of hydrogen-bond donors (Lipinski definition) is 2. The van der Waals surface area contributed by atoms with E-state index < -0.39 is 0 Å². The van der Waals surface area contributed by atoms with E-state index in [4.69, 9.17) is 9.47 Å². The van der Waals surface area contributed by atoms with Gasteiger partial charge in [-0.1, -0.05) is 26.3 Å². The van der Waals surface area contributed by atoms with Crippen molar-refractivity contribution < 1.29 is 14.3 Å². The first-order valence-electron chi connectivity index (χ1n) is 13.4. The number of carbonyl (C=O) groups is 1. The van der Waals surface area contributed by atoms with Crippen LogP contribution in [-0.4, -0.2) is 35.2 Å². The van der Waals surface area contributed by atoms with Crippen molar-refractivity contribution >= 4 is 40.2 Å². The number of hydrogen-bond acceptors (Lipinski definition) is 7. The lowest BCUT2D eigenvalue weighted by Gasteiger charge is -2.14. The average Bonchev–Trinajstić information content (AvgIpc) is 3.35. The molecule has 0 aliphatic carbocycles. The second-order valence-corrected chi connectivity index (χ2v) is 9.55. The first-order chi connectivity index (χ1) is 19.0. The summed E-state index contributed by atoms with van der Waals surface area (Å²) < 4.78 is 12.0. The van der Waals surface area contributed by atoms with Crippen molar-refractivity contribution in [1.82, 2.24) is 15.3 Å². The molecule has 5 rings (SSSR count). The van der Waals surface area contributed by atoms with Crippen LogP contribution in [0.3, 0.4) is 0 Å². The van der Waals surface area contributed by atoms with Crippen LogP contribution in [0.1, 0.15) is 50.2 Å². The summed E-state index contributed by atoms with van der Waals surface area (Å²) in [5.74, 6) is 3.33. The second-order valence-electron chi connectivity index (χ2n) is 9.55. The van der Waals surface area contributed by atoms with Crippen molar-refractivity contribution in [1.29, 1.82) is 0 Å². The SMILES string of the molecule is CCCC1C=Nc2cc(Oc3ccc(Nc4ncnc5ccc(OCCNC(=O)CC)cc45)cc3C)ccc21. The van der Waals surface area contributed by atoms with Gasteiger partial charge in [0.1, 0.15) is 36.0 Å². The minimum Gasteiger partial charge on any atom is -0.492 e. The monoisotopic (exact) mass is 523 g/mol. The summed E-state index contributed by atoms with van der Waals surface area (Å²) in [4.78, 5) is 24.9. The quantitative estimate of drug-likeness (QED) is 0.206. The van der Waals surface area contributed by atoms with Crippen LogP contribution in [-0.2, 0) is 4.79 Å². The zero-order valence-corrected chi connectivity index (χ0v) is 22.5. The van der Waals surface area contributed by atoms with E-state index in [0.29, 0.717) is 37.1 Å². The van der Waals surface area contributed by atoms with Crippen molar-refractivity contribution in [3.63, 3.8) is 0 Å². The minimum atomic E-state index is 0.00528. The highest BCUT2D eigenvalue weighted by atomic mass is 16.5. The molecule has 0 saturated heterocycles. The molecule has 1 aliphatic rings.